The van der Waals surface area contributed by atoms with E-state index in [-0.39, 0.29) is 17.1 Å². The minimum atomic E-state index is -0.450. The van der Waals surface area contributed by atoms with Gasteiger partial charge >= 0.3 is 6.09 Å². The van der Waals surface area contributed by atoms with Gasteiger partial charge in [-0.05, 0) is 53.0 Å². The van der Waals surface area contributed by atoms with Gasteiger partial charge in [0.1, 0.15) is 10.6 Å². The van der Waals surface area contributed by atoms with Crippen LogP contribution in [0, 0.1) is 0 Å². The molecule has 1 saturated heterocycles. The third-order valence-electron chi connectivity index (χ3n) is 3.54. The second-order valence-corrected chi connectivity index (χ2v) is 8.12. The smallest absolute Gasteiger partial charge is 0.407 e. The lowest BCUT2D eigenvalue weighted by Gasteiger charge is -2.35. The largest absolute Gasteiger partial charge is 0.444 e. The summed E-state index contributed by atoms with van der Waals surface area (Å²) in [5, 5.41) is 2.97. The summed E-state index contributed by atoms with van der Waals surface area (Å²) in [4.78, 5) is 18.6. The van der Waals surface area contributed by atoms with E-state index in [9.17, 15) is 4.79 Å². The summed E-state index contributed by atoms with van der Waals surface area (Å²) < 4.78 is 5.31. The molecule has 1 atom stereocenters. The molecule has 1 amide bonds. The van der Waals surface area contributed by atoms with Crippen LogP contribution in [0.5, 0.6) is 0 Å². The van der Waals surface area contributed by atoms with Crippen LogP contribution in [0.25, 0.3) is 0 Å². The number of nitrogens with zero attached hydrogens (tertiary/aromatic N) is 2. The second-order valence-electron chi connectivity index (χ2n) is 6.79. The zero-order chi connectivity index (χ0) is 17.5. The number of ether oxygens (including phenoxy) is 1. The summed E-state index contributed by atoms with van der Waals surface area (Å²) in [6, 6.07) is 0.190. The van der Waals surface area contributed by atoms with Gasteiger partial charge in [0.25, 0.3) is 0 Å². The lowest BCUT2D eigenvalue weighted by molar-refractivity contribution is 0.0484. The average molecular weight is 388 g/mol. The van der Waals surface area contributed by atoms with Crippen molar-refractivity contribution in [2.24, 2.45) is 4.99 Å². The van der Waals surface area contributed by atoms with E-state index in [0.29, 0.717) is 0 Å². The van der Waals surface area contributed by atoms with E-state index in [1.807, 2.05) is 33.9 Å². The molecule has 1 heterocycles. The van der Waals surface area contributed by atoms with E-state index in [0.717, 1.165) is 32.4 Å². The third-order valence-corrected chi connectivity index (χ3v) is 3.78. The lowest BCUT2D eigenvalue weighted by atomic mass is 10.0. The Bertz CT molecular complexity index is 434. The quantitative estimate of drug-likeness (QED) is 0.439. The predicted molar refractivity (Wildman–Crippen MR) is 99.2 cm³/mol. The van der Waals surface area contributed by atoms with Gasteiger partial charge in [0.05, 0.1) is 0 Å². The molecule has 132 valence electrons. The van der Waals surface area contributed by atoms with Crippen molar-refractivity contribution in [2.45, 2.75) is 70.5 Å². The molecule has 6 heteroatoms. The Balaban J connectivity index is 2.46. The molecule has 1 aliphatic heterocycles. The van der Waals surface area contributed by atoms with Gasteiger partial charge in [-0.3, -0.25) is 4.99 Å². The van der Waals surface area contributed by atoms with Gasteiger partial charge in [-0.25, -0.2) is 4.79 Å². The van der Waals surface area contributed by atoms with Gasteiger partial charge in [-0.2, -0.15) is 0 Å². The van der Waals surface area contributed by atoms with E-state index in [4.69, 9.17) is 4.74 Å². The van der Waals surface area contributed by atoms with Crippen molar-refractivity contribution in [1.29, 1.82) is 0 Å². The lowest BCUT2D eigenvalue weighted by Crippen LogP contribution is -2.45. The first-order valence-electron chi connectivity index (χ1n) is 8.32. The number of alkyl halides is 1. The van der Waals surface area contributed by atoms with Crippen molar-refractivity contribution < 1.29 is 9.53 Å². The first kappa shape index (κ1) is 20.0. The number of nitrogens with one attached hydrogen (secondary N) is 1. The molecule has 1 unspecified atom stereocenters. The van der Waals surface area contributed by atoms with Crippen molar-refractivity contribution in [1.82, 2.24) is 10.2 Å². The van der Waals surface area contributed by atoms with Crippen LogP contribution < -0.4 is 5.32 Å². The molecule has 0 aromatic heterocycles. The van der Waals surface area contributed by atoms with Gasteiger partial charge in [0.2, 0.25) is 0 Å². The third kappa shape index (κ3) is 8.39. The number of aliphatic imine (C=N–C) groups is 1. The Kier molecular flexibility index (Phi) is 8.09. The molecular weight excluding hydrogens is 358 g/mol. The van der Waals surface area contributed by atoms with Crippen LogP contribution in [-0.2, 0) is 4.74 Å². The van der Waals surface area contributed by atoms with E-state index in [1.165, 1.54) is 5.70 Å². The monoisotopic (exact) mass is 387 g/mol. The van der Waals surface area contributed by atoms with Gasteiger partial charge in [-0.1, -0.05) is 22.9 Å². The maximum atomic E-state index is 11.8. The summed E-state index contributed by atoms with van der Waals surface area (Å²) in [7, 11) is 0. The maximum absolute atomic E-state index is 11.8. The number of rotatable bonds is 5. The van der Waals surface area contributed by atoms with Crippen molar-refractivity contribution >= 4 is 28.2 Å². The fourth-order valence-electron chi connectivity index (χ4n) is 2.48. The van der Waals surface area contributed by atoms with Crippen LogP contribution in [0.15, 0.2) is 16.8 Å². The van der Waals surface area contributed by atoms with E-state index in [2.05, 4.69) is 44.1 Å². The number of amides is 1. The Morgan fingerprint density at radius 2 is 2.04 bits per heavy atom. The van der Waals surface area contributed by atoms with Crippen molar-refractivity contribution in [3.63, 3.8) is 0 Å². The normalized spacial score (nSPS) is 19.0. The molecule has 1 aliphatic rings. The molecular formula is C17H30BrN3O2. The number of likely N-dealkylation sites (tertiary alicyclic amines) is 1. The highest BCUT2D eigenvalue weighted by Crippen LogP contribution is 2.18. The van der Waals surface area contributed by atoms with Crippen LogP contribution >= 0.6 is 15.9 Å². The molecule has 1 rings (SSSR count). The molecule has 1 N–H and O–H groups in total. The number of allylic oxidation sites excluding steroid dienone is 2. The van der Waals surface area contributed by atoms with Crippen LogP contribution in [-0.4, -0.2) is 46.9 Å². The molecule has 0 aromatic rings. The highest BCUT2D eigenvalue weighted by atomic mass is 79.9. The summed E-state index contributed by atoms with van der Waals surface area (Å²) in [5.41, 5.74) is 0.840. The number of halogens is 1. The number of alkyl carbamates (subject to hydrolysis) is 1. The average Bonchev–Trinajstić information content (AvgIpc) is 2.42. The van der Waals surface area contributed by atoms with Crippen LogP contribution in [0.2, 0.25) is 0 Å². The number of hydrogen-bond donors (Lipinski definition) is 1. The van der Waals surface area contributed by atoms with Gasteiger partial charge in [-0.15, -0.1) is 0 Å². The fourth-order valence-corrected chi connectivity index (χ4v) is 2.62. The molecule has 0 bridgehead atoms. The van der Waals surface area contributed by atoms with E-state index in [1.54, 1.807) is 0 Å². The van der Waals surface area contributed by atoms with Crippen molar-refractivity contribution in [3.8, 4) is 0 Å². The molecule has 1 fully saturated rings. The van der Waals surface area contributed by atoms with Crippen molar-refractivity contribution in [2.75, 3.05) is 13.1 Å². The van der Waals surface area contributed by atoms with E-state index >= 15 is 0 Å². The van der Waals surface area contributed by atoms with Gasteiger partial charge in [0, 0.05) is 31.0 Å². The number of carbonyl (C=O) groups excluding carboxylic acids is 1. The second kappa shape index (κ2) is 9.30. The first-order valence-corrected chi connectivity index (χ1v) is 9.23. The SMILES string of the molecule is CC/C(=C\C=NC(C)Br)N1CCC(NC(=O)OC(C)(C)C)CC1. The topological polar surface area (TPSA) is 53.9 Å². The summed E-state index contributed by atoms with van der Waals surface area (Å²) in [6.45, 7) is 11.7. The molecule has 0 radical (unpaired) electrons. The predicted octanol–water partition coefficient (Wildman–Crippen LogP) is 4.08. The Morgan fingerprint density at radius 1 is 1.43 bits per heavy atom. The molecule has 0 aromatic carbocycles. The fraction of sp³-hybridized carbons (Fsp3) is 0.765. The zero-order valence-electron chi connectivity index (χ0n) is 14.9. The molecule has 0 spiro atoms. The molecule has 23 heavy (non-hydrogen) atoms. The molecule has 0 aliphatic carbocycles. The Morgan fingerprint density at radius 3 is 2.52 bits per heavy atom. The maximum Gasteiger partial charge on any atom is 0.407 e. The summed E-state index contributed by atoms with van der Waals surface area (Å²) in [6.07, 6.45) is 6.47. The van der Waals surface area contributed by atoms with Gasteiger partial charge in [0.15, 0.2) is 0 Å². The van der Waals surface area contributed by atoms with Gasteiger partial charge < -0.3 is 15.0 Å². The highest BCUT2D eigenvalue weighted by molar-refractivity contribution is 9.09. The standard InChI is InChI=1S/C17H30BrN3O2/c1-6-15(7-10-19-13(2)18)21-11-8-14(9-12-21)20-16(22)23-17(3,4)5/h7,10,13-14H,6,8-9,11-12H2,1-5H3,(H,20,22)/b15-7+,19-10?. The van der Waals surface area contributed by atoms with Crippen molar-refractivity contribution in [3.05, 3.63) is 11.8 Å². The van der Waals surface area contributed by atoms with E-state index < -0.39 is 5.60 Å². The Hall–Kier alpha value is -1.04. The number of piperidine rings is 1. The van der Waals surface area contributed by atoms with Crippen LogP contribution in [0.3, 0.4) is 0 Å². The Labute approximate surface area is 148 Å². The molecule has 5 nitrogen and oxygen atoms in total. The minimum Gasteiger partial charge on any atom is -0.444 e. The highest BCUT2D eigenvalue weighted by Gasteiger charge is 2.23. The van der Waals surface area contributed by atoms with Crippen LogP contribution in [0.4, 0.5) is 4.79 Å². The van der Waals surface area contributed by atoms with Crippen LogP contribution in [0.1, 0.15) is 53.9 Å². The summed E-state index contributed by atoms with van der Waals surface area (Å²) in [5.74, 6) is 0. The zero-order valence-corrected chi connectivity index (χ0v) is 16.5. The number of carbonyl (C=O) groups is 1. The molecule has 0 saturated carbocycles. The first-order chi connectivity index (χ1) is 10.7. The summed E-state index contributed by atoms with van der Waals surface area (Å²) >= 11 is 3.40. The number of hydrogen-bond acceptors (Lipinski definition) is 4. The minimum absolute atomic E-state index is 0.139.